The van der Waals surface area contributed by atoms with Crippen molar-refractivity contribution >= 4 is 39.2 Å². The van der Waals surface area contributed by atoms with Crippen molar-refractivity contribution in [2.45, 2.75) is 4.90 Å². The summed E-state index contributed by atoms with van der Waals surface area (Å²) in [6.45, 7) is 0.142. The first kappa shape index (κ1) is 23.1. The van der Waals surface area contributed by atoms with Crippen molar-refractivity contribution < 1.29 is 36.3 Å². The van der Waals surface area contributed by atoms with Crippen LogP contribution in [0.15, 0.2) is 41.3 Å². The number of sulfonamides is 1. The lowest BCUT2D eigenvalue weighted by atomic mass is 10.2. The van der Waals surface area contributed by atoms with Crippen LogP contribution in [0.1, 0.15) is 10.4 Å². The summed E-state index contributed by atoms with van der Waals surface area (Å²) in [5.41, 5.74) is -0.151. The Kier molecular flexibility index (Phi) is 7.21. The lowest BCUT2D eigenvalue weighted by Crippen LogP contribution is -2.40. The van der Waals surface area contributed by atoms with Crippen LogP contribution in [-0.2, 0) is 24.3 Å². The second-order valence-electron chi connectivity index (χ2n) is 6.41. The minimum Gasteiger partial charge on any atom is -0.452 e. The van der Waals surface area contributed by atoms with Crippen LogP contribution in [0, 0.1) is 11.6 Å². The number of amides is 1. The molecular weight excluding hydrogens is 458 g/mol. The number of hydrogen-bond acceptors (Lipinski definition) is 6. The van der Waals surface area contributed by atoms with Gasteiger partial charge in [0.2, 0.25) is 10.0 Å². The Morgan fingerprint density at radius 1 is 1.10 bits per heavy atom. The summed E-state index contributed by atoms with van der Waals surface area (Å²) in [6.07, 6.45) is 0. The van der Waals surface area contributed by atoms with Crippen molar-refractivity contribution in [1.29, 1.82) is 0 Å². The number of morpholine rings is 1. The molecule has 166 valence electrons. The van der Waals surface area contributed by atoms with Crippen LogP contribution in [0.25, 0.3) is 0 Å². The van der Waals surface area contributed by atoms with Gasteiger partial charge in [-0.15, -0.1) is 0 Å². The van der Waals surface area contributed by atoms with Crippen LogP contribution in [0.5, 0.6) is 0 Å². The third-order valence-electron chi connectivity index (χ3n) is 4.29. The number of nitrogens with one attached hydrogen (secondary N) is 1. The van der Waals surface area contributed by atoms with Gasteiger partial charge >= 0.3 is 5.97 Å². The zero-order valence-electron chi connectivity index (χ0n) is 15.9. The molecule has 12 heteroatoms. The van der Waals surface area contributed by atoms with E-state index in [1.807, 2.05) is 0 Å². The molecule has 1 saturated heterocycles. The maximum absolute atomic E-state index is 13.2. The molecule has 2 aromatic carbocycles. The fourth-order valence-corrected chi connectivity index (χ4v) is 4.65. The number of rotatable bonds is 6. The summed E-state index contributed by atoms with van der Waals surface area (Å²) in [7, 11) is -3.90. The second kappa shape index (κ2) is 9.69. The lowest BCUT2D eigenvalue weighted by molar-refractivity contribution is -0.119. The molecule has 1 heterocycles. The number of carbonyl (C=O) groups excluding carboxylic acids is 2. The van der Waals surface area contributed by atoms with Crippen molar-refractivity contribution in [3.63, 3.8) is 0 Å². The molecule has 1 aliphatic rings. The van der Waals surface area contributed by atoms with Crippen LogP contribution >= 0.6 is 11.6 Å². The fourth-order valence-electron chi connectivity index (χ4n) is 2.74. The molecule has 0 bridgehead atoms. The Hall–Kier alpha value is -2.60. The van der Waals surface area contributed by atoms with Gasteiger partial charge in [-0.2, -0.15) is 4.31 Å². The Balaban J connectivity index is 1.65. The molecule has 1 aliphatic heterocycles. The van der Waals surface area contributed by atoms with E-state index in [1.165, 1.54) is 22.5 Å². The van der Waals surface area contributed by atoms with Crippen LogP contribution < -0.4 is 5.32 Å². The Bertz CT molecular complexity index is 1110. The highest BCUT2D eigenvalue weighted by Gasteiger charge is 2.28. The molecule has 0 saturated carbocycles. The topological polar surface area (TPSA) is 102 Å². The molecule has 0 radical (unpaired) electrons. The molecule has 1 fully saturated rings. The molecule has 0 spiro atoms. The molecule has 8 nitrogen and oxygen atoms in total. The van der Waals surface area contributed by atoms with Crippen molar-refractivity contribution in [2.75, 3.05) is 38.2 Å². The van der Waals surface area contributed by atoms with E-state index in [1.54, 1.807) is 0 Å². The SMILES string of the molecule is O=C(COC(=O)c1ccc(F)c(F)c1)Nc1ccc(Cl)c(S(=O)(=O)N2CCOCC2)c1. The van der Waals surface area contributed by atoms with Gasteiger partial charge in [0.25, 0.3) is 5.91 Å². The number of carbonyl (C=O) groups is 2. The summed E-state index contributed by atoms with van der Waals surface area (Å²) in [5, 5.41) is 2.38. The zero-order valence-corrected chi connectivity index (χ0v) is 17.5. The van der Waals surface area contributed by atoms with Crippen LogP contribution in [-0.4, -0.2) is 57.5 Å². The van der Waals surface area contributed by atoms with Gasteiger partial charge in [-0.1, -0.05) is 11.6 Å². The van der Waals surface area contributed by atoms with Gasteiger partial charge in [0.05, 0.1) is 23.8 Å². The number of esters is 1. The summed E-state index contributed by atoms with van der Waals surface area (Å²) >= 11 is 6.05. The van der Waals surface area contributed by atoms with Crippen molar-refractivity contribution in [3.05, 3.63) is 58.6 Å². The number of ether oxygens (including phenoxy) is 2. The van der Waals surface area contributed by atoms with Gasteiger partial charge in [-0.25, -0.2) is 22.0 Å². The molecule has 0 aromatic heterocycles. The molecule has 31 heavy (non-hydrogen) atoms. The Morgan fingerprint density at radius 3 is 2.48 bits per heavy atom. The average Bonchev–Trinajstić information content (AvgIpc) is 2.75. The molecule has 2 aromatic rings. The predicted molar refractivity (Wildman–Crippen MR) is 106 cm³/mol. The van der Waals surface area contributed by atoms with Crippen LogP contribution in [0.4, 0.5) is 14.5 Å². The minimum absolute atomic E-state index is 0.0192. The first-order valence-corrected chi connectivity index (χ1v) is 10.8. The maximum atomic E-state index is 13.2. The number of nitrogens with zero attached hydrogens (tertiary/aromatic N) is 1. The predicted octanol–water partition coefficient (Wildman–Crippen LogP) is 2.43. The van der Waals surface area contributed by atoms with Crippen LogP contribution in [0.2, 0.25) is 5.02 Å². The van der Waals surface area contributed by atoms with Crippen LogP contribution in [0.3, 0.4) is 0 Å². The van der Waals surface area contributed by atoms with Gasteiger partial charge in [0, 0.05) is 18.8 Å². The van der Waals surface area contributed by atoms with Crippen molar-refractivity contribution in [1.82, 2.24) is 4.31 Å². The number of hydrogen-bond donors (Lipinski definition) is 1. The lowest BCUT2D eigenvalue weighted by Gasteiger charge is -2.26. The molecular formula is C19H17ClF2N2O6S. The first-order chi connectivity index (χ1) is 14.7. The van der Waals surface area contributed by atoms with E-state index in [2.05, 4.69) is 5.32 Å². The van der Waals surface area contributed by atoms with Gasteiger partial charge in [-0.05, 0) is 36.4 Å². The van der Waals surface area contributed by atoms with E-state index in [0.29, 0.717) is 6.07 Å². The smallest absolute Gasteiger partial charge is 0.338 e. The number of anilines is 1. The minimum atomic E-state index is -3.90. The average molecular weight is 475 g/mol. The molecule has 1 amide bonds. The highest BCUT2D eigenvalue weighted by Crippen LogP contribution is 2.28. The van der Waals surface area contributed by atoms with E-state index in [-0.39, 0.29) is 47.5 Å². The van der Waals surface area contributed by atoms with Gasteiger partial charge in [-0.3, -0.25) is 4.79 Å². The Labute approximate surface area is 181 Å². The molecule has 1 N–H and O–H groups in total. The van der Waals surface area contributed by atoms with E-state index < -0.39 is 40.1 Å². The summed E-state index contributed by atoms with van der Waals surface area (Å²) in [5.74, 6) is -4.15. The van der Waals surface area contributed by atoms with Gasteiger partial charge < -0.3 is 14.8 Å². The van der Waals surface area contributed by atoms with E-state index in [0.717, 1.165) is 12.1 Å². The molecule has 0 atom stereocenters. The number of benzene rings is 2. The first-order valence-electron chi connectivity index (χ1n) is 8.98. The summed E-state index contributed by atoms with van der Waals surface area (Å²) in [6, 6.07) is 6.32. The zero-order chi connectivity index (χ0) is 22.6. The van der Waals surface area contributed by atoms with Crippen molar-refractivity contribution in [3.8, 4) is 0 Å². The molecule has 0 unspecified atom stereocenters. The second-order valence-corrected chi connectivity index (χ2v) is 8.73. The van der Waals surface area contributed by atoms with Gasteiger partial charge in [0.15, 0.2) is 18.2 Å². The van der Waals surface area contributed by atoms with E-state index in [4.69, 9.17) is 21.1 Å². The van der Waals surface area contributed by atoms with Gasteiger partial charge in [0.1, 0.15) is 4.90 Å². The molecule has 3 rings (SSSR count). The number of halogens is 3. The van der Waals surface area contributed by atoms with E-state index >= 15 is 0 Å². The molecule has 0 aliphatic carbocycles. The normalized spacial score (nSPS) is 14.8. The quantitative estimate of drug-likeness (QED) is 0.645. The largest absolute Gasteiger partial charge is 0.452 e. The highest BCUT2D eigenvalue weighted by atomic mass is 35.5. The highest BCUT2D eigenvalue weighted by molar-refractivity contribution is 7.89. The maximum Gasteiger partial charge on any atom is 0.338 e. The third-order valence-corrected chi connectivity index (χ3v) is 6.67. The Morgan fingerprint density at radius 2 is 1.81 bits per heavy atom. The van der Waals surface area contributed by atoms with Crippen molar-refractivity contribution in [2.24, 2.45) is 0 Å². The fraction of sp³-hybridized carbons (Fsp3) is 0.263. The monoisotopic (exact) mass is 474 g/mol. The summed E-state index contributed by atoms with van der Waals surface area (Å²) in [4.78, 5) is 23.8. The summed E-state index contributed by atoms with van der Waals surface area (Å²) < 4.78 is 62.9. The van der Waals surface area contributed by atoms with E-state index in [9.17, 15) is 26.8 Å². The third kappa shape index (κ3) is 5.56. The standard InChI is InChI=1S/C19H17ClF2N2O6S/c20-14-3-2-13(10-17(14)31(27,28)24-5-7-29-8-6-24)23-18(25)11-30-19(26)12-1-4-15(21)16(22)9-12/h1-4,9-10H,5-8,11H2,(H,23,25).